The first-order valence-electron chi connectivity index (χ1n) is 7.30. The summed E-state index contributed by atoms with van der Waals surface area (Å²) in [6.45, 7) is 6.00. The highest BCUT2D eigenvalue weighted by atomic mass is 15.2. The summed E-state index contributed by atoms with van der Waals surface area (Å²) in [5.41, 5.74) is 0. The Morgan fingerprint density at radius 2 is 1.88 bits per heavy atom. The second-order valence-electron chi connectivity index (χ2n) is 6.19. The molecule has 0 aromatic rings. The lowest BCUT2D eigenvalue weighted by molar-refractivity contribution is 0.136. The Labute approximate surface area is 107 Å². The molecule has 2 fully saturated rings. The molecule has 3 heteroatoms. The van der Waals surface area contributed by atoms with Crippen LogP contribution in [0.2, 0.25) is 0 Å². The Morgan fingerprint density at radius 1 is 1.18 bits per heavy atom. The molecule has 2 atom stereocenters. The minimum absolute atomic E-state index is 0.649. The minimum atomic E-state index is 0.649. The molecule has 0 bridgehead atoms. The normalized spacial score (nSPS) is 33.2. The van der Waals surface area contributed by atoms with Gasteiger partial charge in [0.2, 0.25) is 0 Å². The van der Waals surface area contributed by atoms with Crippen LogP contribution in [0.5, 0.6) is 0 Å². The number of nitrogens with one attached hydrogen (secondary N) is 1. The molecule has 1 aliphatic heterocycles. The van der Waals surface area contributed by atoms with Gasteiger partial charge in [0.25, 0.3) is 0 Å². The smallest absolute Gasteiger partial charge is 0.0322 e. The average molecular weight is 239 g/mol. The third-order valence-corrected chi connectivity index (χ3v) is 4.37. The van der Waals surface area contributed by atoms with Crippen LogP contribution in [0.25, 0.3) is 0 Å². The van der Waals surface area contributed by atoms with Crippen molar-refractivity contribution in [1.82, 2.24) is 15.1 Å². The summed E-state index contributed by atoms with van der Waals surface area (Å²) in [5, 5.41) is 3.71. The van der Waals surface area contributed by atoms with E-state index < -0.39 is 0 Å². The molecule has 1 N–H and O–H groups in total. The first-order chi connectivity index (χ1) is 8.16. The van der Waals surface area contributed by atoms with Crippen LogP contribution in [-0.4, -0.2) is 61.7 Å². The van der Waals surface area contributed by atoms with Gasteiger partial charge in [0.1, 0.15) is 0 Å². The van der Waals surface area contributed by atoms with Gasteiger partial charge < -0.3 is 10.2 Å². The van der Waals surface area contributed by atoms with E-state index in [4.69, 9.17) is 0 Å². The van der Waals surface area contributed by atoms with Crippen LogP contribution >= 0.6 is 0 Å². The molecule has 0 aromatic carbocycles. The second kappa shape index (κ2) is 6.17. The number of rotatable bonds is 3. The fourth-order valence-corrected chi connectivity index (χ4v) is 3.47. The molecule has 0 amide bonds. The molecule has 100 valence electrons. The summed E-state index contributed by atoms with van der Waals surface area (Å²) in [4.78, 5) is 5.10. The van der Waals surface area contributed by atoms with Crippen molar-refractivity contribution >= 4 is 0 Å². The van der Waals surface area contributed by atoms with Gasteiger partial charge in [0, 0.05) is 31.2 Å². The van der Waals surface area contributed by atoms with Crippen molar-refractivity contribution in [3.63, 3.8) is 0 Å². The predicted octanol–water partition coefficient (Wildman–Crippen LogP) is 1.54. The summed E-state index contributed by atoms with van der Waals surface area (Å²) >= 11 is 0. The van der Waals surface area contributed by atoms with Crippen molar-refractivity contribution in [3.8, 4) is 0 Å². The highest BCUT2D eigenvalue weighted by Crippen LogP contribution is 2.26. The zero-order valence-corrected chi connectivity index (χ0v) is 11.8. The average Bonchev–Trinajstić information content (AvgIpc) is 2.71. The van der Waals surface area contributed by atoms with Crippen molar-refractivity contribution in [1.29, 1.82) is 0 Å². The van der Waals surface area contributed by atoms with Crippen LogP contribution in [0.4, 0.5) is 0 Å². The van der Waals surface area contributed by atoms with E-state index in [-0.39, 0.29) is 0 Å². The monoisotopic (exact) mass is 239 g/mol. The Balaban J connectivity index is 1.95. The van der Waals surface area contributed by atoms with Gasteiger partial charge in [-0.1, -0.05) is 12.8 Å². The molecule has 2 unspecified atom stereocenters. The van der Waals surface area contributed by atoms with Crippen LogP contribution < -0.4 is 5.32 Å². The molecule has 3 nitrogen and oxygen atoms in total. The quantitative estimate of drug-likeness (QED) is 0.806. The van der Waals surface area contributed by atoms with Gasteiger partial charge >= 0.3 is 0 Å². The van der Waals surface area contributed by atoms with Gasteiger partial charge in [0.05, 0.1) is 0 Å². The lowest BCUT2D eigenvalue weighted by atomic mass is 10.1. The van der Waals surface area contributed by atoms with Crippen molar-refractivity contribution < 1.29 is 0 Å². The van der Waals surface area contributed by atoms with E-state index in [0.29, 0.717) is 6.04 Å². The molecule has 2 aliphatic rings. The summed E-state index contributed by atoms with van der Waals surface area (Å²) in [6, 6.07) is 2.28. The van der Waals surface area contributed by atoms with E-state index >= 15 is 0 Å². The third-order valence-electron chi connectivity index (χ3n) is 4.37. The van der Waals surface area contributed by atoms with E-state index in [0.717, 1.165) is 18.6 Å². The standard InChI is InChI=1S/C14H29N3/c1-12-8-9-15-13(10-16(2)3)11-17(12)14-6-4-5-7-14/h12-15H,4-11H2,1-3H3. The lowest BCUT2D eigenvalue weighted by Gasteiger charge is -2.35. The predicted molar refractivity (Wildman–Crippen MR) is 73.4 cm³/mol. The topological polar surface area (TPSA) is 18.5 Å². The Bertz CT molecular complexity index is 224. The van der Waals surface area contributed by atoms with E-state index in [1.807, 2.05) is 0 Å². The van der Waals surface area contributed by atoms with Gasteiger partial charge in [-0.05, 0) is 46.8 Å². The number of hydrogen-bond donors (Lipinski definition) is 1. The van der Waals surface area contributed by atoms with Crippen molar-refractivity contribution in [2.24, 2.45) is 0 Å². The van der Waals surface area contributed by atoms with E-state index in [1.54, 1.807) is 0 Å². The number of nitrogens with zero attached hydrogens (tertiary/aromatic N) is 2. The molecule has 0 spiro atoms. The van der Waals surface area contributed by atoms with Crippen molar-refractivity contribution in [3.05, 3.63) is 0 Å². The van der Waals surface area contributed by atoms with Gasteiger partial charge in [-0.2, -0.15) is 0 Å². The number of likely N-dealkylation sites (N-methyl/N-ethyl adjacent to an activating group) is 1. The van der Waals surface area contributed by atoms with Crippen LogP contribution in [-0.2, 0) is 0 Å². The van der Waals surface area contributed by atoms with Crippen molar-refractivity contribution in [2.75, 3.05) is 33.7 Å². The van der Waals surface area contributed by atoms with Crippen LogP contribution in [0.3, 0.4) is 0 Å². The molecular formula is C14H29N3. The maximum Gasteiger partial charge on any atom is 0.0322 e. The van der Waals surface area contributed by atoms with E-state index in [1.165, 1.54) is 45.2 Å². The highest BCUT2D eigenvalue weighted by molar-refractivity contribution is 4.88. The second-order valence-corrected chi connectivity index (χ2v) is 6.19. The van der Waals surface area contributed by atoms with Gasteiger partial charge in [-0.25, -0.2) is 0 Å². The zero-order valence-electron chi connectivity index (χ0n) is 11.8. The van der Waals surface area contributed by atoms with E-state index in [9.17, 15) is 0 Å². The molecule has 0 aromatic heterocycles. The lowest BCUT2D eigenvalue weighted by Crippen LogP contribution is -2.48. The molecular weight excluding hydrogens is 210 g/mol. The Kier molecular flexibility index (Phi) is 4.83. The van der Waals surface area contributed by atoms with Gasteiger partial charge in [-0.3, -0.25) is 4.90 Å². The Morgan fingerprint density at radius 3 is 2.53 bits per heavy atom. The molecule has 1 saturated heterocycles. The summed E-state index contributed by atoms with van der Waals surface area (Å²) < 4.78 is 0. The highest BCUT2D eigenvalue weighted by Gasteiger charge is 2.30. The van der Waals surface area contributed by atoms with Crippen LogP contribution in [0.1, 0.15) is 39.0 Å². The molecule has 0 radical (unpaired) electrons. The minimum Gasteiger partial charge on any atom is -0.311 e. The number of hydrogen-bond acceptors (Lipinski definition) is 3. The molecule has 1 aliphatic carbocycles. The molecule has 1 heterocycles. The summed E-state index contributed by atoms with van der Waals surface area (Å²) in [7, 11) is 4.35. The van der Waals surface area contributed by atoms with Gasteiger partial charge in [-0.15, -0.1) is 0 Å². The fourth-order valence-electron chi connectivity index (χ4n) is 3.47. The van der Waals surface area contributed by atoms with Crippen LogP contribution in [0.15, 0.2) is 0 Å². The first kappa shape index (κ1) is 13.3. The molecule has 2 rings (SSSR count). The molecule has 17 heavy (non-hydrogen) atoms. The first-order valence-corrected chi connectivity index (χ1v) is 7.30. The third kappa shape index (κ3) is 3.67. The summed E-state index contributed by atoms with van der Waals surface area (Å²) in [6.07, 6.45) is 7.05. The maximum atomic E-state index is 3.71. The summed E-state index contributed by atoms with van der Waals surface area (Å²) in [5.74, 6) is 0. The van der Waals surface area contributed by atoms with Crippen molar-refractivity contribution in [2.45, 2.75) is 57.2 Å². The van der Waals surface area contributed by atoms with Gasteiger partial charge in [0.15, 0.2) is 0 Å². The maximum absolute atomic E-state index is 3.71. The van der Waals surface area contributed by atoms with Crippen LogP contribution in [0, 0.1) is 0 Å². The Hall–Kier alpha value is -0.120. The fraction of sp³-hybridized carbons (Fsp3) is 1.00. The SMILES string of the molecule is CC1CCNC(CN(C)C)CN1C1CCCC1. The van der Waals surface area contributed by atoms with E-state index in [2.05, 4.69) is 36.1 Å². The largest absolute Gasteiger partial charge is 0.311 e. The molecule has 1 saturated carbocycles. The zero-order chi connectivity index (χ0) is 12.3.